The van der Waals surface area contributed by atoms with Gasteiger partial charge in [-0.3, -0.25) is 0 Å². The molecule has 0 amide bonds. The van der Waals surface area contributed by atoms with Crippen LogP contribution in [0.25, 0.3) is 0 Å². The van der Waals surface area contributed by atoms with E-state index in [0.717, 1.165) is 18.4 Å². The molecule has 0 bridgehead atoms. The molecule has 0 saturated carbocycles. The van der Waals surface area contributed by atoms with Crippen LogP contribution in [0.2, 0.25) is 0 Å². The second kappa shape index (κ2) is 6.66. The molecule has 0 aliphatic carbocycles. The third-order valence-corrected chi connectivity index (χ3v) is 2.39. The van der Waals surface area contributed by atoms with E-state index in [1.807, 2.05) is 7.05 Å². The molecule has 0 aromatic carbocycles. The van der Waals surface area contributed by atoms with Crippen molar-refractivity contribution in [3.8, 4) is 0 Å². The van der Waals surface area contributed by atoms with Gasteiger partial charge in [0.25, 0.3) is 0 Å². The summed E-state index contributed by atoms with van der Waals surface area (Å²) in [5, 5.41) is 3.19. The molecule has 0 aromatic heterocycles. The van der Waals surface area contributed by atoms with Gasteiger partial charge in [-0.05, 0) is 38.3 Å². The molecule has 1 heteroatoms. The van der Waals surface area contributed by atoms with Crippen molar-refractivity contribution < 1.29 is 0 Å². The summed E-state index contributed by atoms with van der Waals surface area (Å²) in [5.41, 5.74) is 0. The van der Waals surface area contributed by atoms with Crippen LogP contribution in [0.5, 0.6) is 0 Å². The average molecular weight is 157 g/mol. The van der Waals surface area contributed by atoms with Gasteiger partial charge in [-0.1, -0.05) is 27.2 Å². The Bertz CT molecular complexity index is 80.9. The molecule has 0 aliphatic heterocycles. The molecular weight excluding hydrogens is 134 g/mol. The molecule has 0 fully saturated rings. The molecule has 68 valence electrons. The van der Waals surface area contributed by atoms with Crippen LogP contribution in [-0.4, -0.2) is 13.6 Å². The molecular formula is C10H23N. The molecule has 0 rings (SSSR count). The lowest BCUT2D eigenvalue weighted by molar-refractivity contribution is 0.384. The molecule has 0 aliphatic rings. The van der Waals surface area contributed by atoms with Gasteiger partial charge in [-0.25, -0.2) is 0 Å². The minimum absolute atomic E-state index is 0.886. The Morgan fingerprint density at radius 3 is 2.27 bits per heavy atom. The zero-order valence-electron chi connectivity index (χ0n) is 8.48. The predicted octanol–water partition coefficient (Wildman–Crippen LogP) is 2.67. The third-order valence-electron chi connectivity index (χ3n) is 2.39. The van der Waals surface area contributed by atoms with Crippen LogP contribution in [0.1, 0.15) is 40.0 Å². The third kappa shape index (κ3) is 6.36. The van der Waals surface area contributed by atoms with Gasteiger partial charge in [0.05, 0.1) is 0 Å². The molecule has 0 aromatic rings. The van der Waals surface area contributed by atoms with Crippen molar-refractivity contribution in [1.82, 2.24) is 5.32 Å². The highest BCUT2D eigenvalue weighted by molar-refractivity contribution is 4.59. The quantitative estimate of drug-likeness (QED) is 0.625. The van der Waals surface area contributed by atoms with E-state index >= 15 is 0 Å². The summed E-state index contributed by atoms with van der Waals surface area (Å²) in [6.07, 6.45) is 4.03. The van der Waals surface area contributed by atoms with E-state index in [9.17, 15) is 0 Å². The van der Waals surface area contributed by atoms with Crippen molar-refractivity contribution in [2.24, 2.45) is 11.8 Å². The van der Waals surface area contributed by atoms with Crippen molar-refractivity contribution in [2.45, 2.75) is 40.0 Å². The second-order valence-corrected chi connectivity index (χ2v) is 3.75. The van der Waals surface area contributed by atoms with Gasteiger partial charge in [-0.15, -0.1) is 0 Å². The lowest BCUT2D eigenvalue weighted by atomic mass is 9.93. The minimum atomic E-state index is 0.886. The normalized spacial score (nSPS) is 16.4. The highest BCUT2D eigenvalue weighted by Crippen LogP contribution is 2.16. The van der Waals surface area contributed by atoms with Gasteiger partial charge in [0, 0.05) is 0 Å². The van der Waals surface area contributed by atoms with Crippen LogP contribution >= 0.6 is 0 Å². The Labute approximate surface area is 71.6 Å². The van der Waals surface area contributed by atoms with Crippen LogP contribution in [0.15, 0.2) is 0 Å². The molecule has 0 radical (unpaired) electrons. The maximum atomic E-state index is 3.19. The fourth-order valence-electron chi connectivity index (χ4n) is 1.36. The monoisotopic (exact) mass is 157 g/mol. The van der Waals surface area contributed by atoms with E-state index in [2.05, 4.69) is 26.1 Å². The zero-order valence-corrected chi connectivity index (χ0v) is 8.48. The zero-order chi connectivity index (χ0) is 8.69. The van der Waals surface area contributed by atoms with Crippen molar-refractivity contribution >= 4 is 0 Å². The van der Waals surface area contributed by atoms with E-state index in [-0.39, 0.29) is 0 Å². The molecule has 0 spiro atoms. The van der Waals surface area contributed by atoms with E-state index in [1.165, 1.54) is 19.3 Å². The van der Waals surface area contributed by atoms with Crippen molar-refractivity contribution in [3.05, 3.63) is 0 Å². The average Bonchev–Trinajstić information content (AvgIpc) is 2.00. The number of rotatable bonds is 6. The highest BCUT2D eigenvalue weighted by atomic mass is 14.8. The van der Waals surface area contributed by atoms with E-state index in [1.54, 1.807) is 0 Å². The van der Waals surface area contributed by atoms with Crippen LogP contribution in [-0.2, 0) is 0 Å². The van der Waals surface area contributed by atoms with Crippen LogP contribution in [0.4, 0.5) is 0 Å². The standard InChI is InChI=1S/C10H23N/c1-5-9(2)8-10(3)6-7-11-4/h9-11H,5-8H2,1-4H3. The lowest BCUT2D eigenvalue weighted by Crippen LogP contribution is -2.13. The van der Waals surface area contributed by atoms with E-state index in [0.29, 0.717) is 0 Å². The summed E-state index contributed by atoms with van der Waals surface area (Å²) in [6.45, 7) is 8.13. The Morgan fingerprint density at radius 1 is 1.18 bits per heavy atom. The lowest BCUT2D eigenvalue weighted by Gasteiger charge is -2.15. The van der Waals surface area contributed by atoms with Gasteiger partial charge in [-0.2, -0.15) is 0 Å². The summed E-state index contributed by atoms with van der Waals surface area (Å²) in [5.74, 6) is 1.79. The van der Waals surface area contributed by atoms with Gasteiger partial charge in [0.15, 0.2) is 0 Å². The van der Waals surface area contributed by atoms with Crippen molar-refractivity contribution in [3.63, 3.8) is 0 Å². The summed E-state index contributed by atoms with van der Waals surface area (Å²) >= 11 is 0. The summed E-state index contributed by atoms with van der Waals surface area (Å²) in [7, 11) is 2.02. The van der Waals surface area contributed by atoms with E-state index < -0.39 is 0 Å². The first kappa shape index (κ1) is 11.0. The van der Waals surface area contributed by atoms with Gasteiger partial charge in [0.2, 0.25) is 0 Å². The van der Waals surface area contributed by atoms with Gasteiger partial charge in [0.1, 0.15) is 0 Å². The minimum Gasteiger partial charge on any atom is -0.320 e. The second-order valence-electron chi connectivity index (χ2n) is 3.75. The SMILES string of the molecule is CCC(C)CC(C)CCNC. The maximum absolute atomic E-state index is 3.19. The number of hydrogen-bond donors (Lipinski definition) is 1. The van der Waals surface area contributed by atoms with Gasteiger partial charge < -0.3 is 5.32 Å². The van der Waals surface area contributed by atoms with Crippen LogP contribution in [0, 0.1) is 11.8 Å². The smallest absolute Gasteiger partial charge is 0.00494 e. The number of nitrogens with one attached hydrogen (secondary N) is 1. The Hall–Kier alpha value is -0.0400. The van der Waals surface area contributed by atoms with Crippen molar-refractivity contribution in [1.29, 1.82) is 0 Å². The first-order chi connectivity index (χ1) is 5.20. The Morgan fingerprint density at radius 2 is 1.82 bits per heavy atom. The topological polar surface area (TPSA) is 12.0 Å². The first-order valence-electron chi connectivity index (χ1n) is 4.85. The molecule has 11 heavy (non-hydrogen) atoms. The Kier molecular flexibility index (Phi) is 6.63. The molecule has 0 heterocycles. The molecule has 2 unspecified atom stereocenters. The van der Waals surface area contributed by atoms with Crippen molar-refractivity contribution in [2.75, 3.05) is 13.6 Å². The fraction of sp³-hybridized carbons (Fsp3) is 1.00. The number of hydrogen-bond acceptors (Lipinski definition) is 1. The molecule has 1 nitrogen and oxygen atoms in total. The summed E-state index contributed by atoms with van der Waals surface area (Å²) in [6, 6.07) is 0. The largest absolute Gasteiger partial charge is 0.320 e. The first-order valence-corrected chi connectivity index (χ1v) is 4.85. The highest BCUT2D eigenvalue weighted by Gasteiger charge is 2.05. The summed E-state index contributed by atoms with van der Waals surface area (Å²) < 4.78 is 0. The van der Waals surface area contributed by atoms with Gasteiger partial charge >= 0.3 is 0 Å². The van der Waals surface area contributed by atoms with Crippen LogP contribution in [0.3, 0.4) is 0 Å². The molecule has 1 N–H and O–H groups in total. The van der Waals surface area contributed by atoms with E-state index in [4.69, 9.17) is 0 Å². The van der Waals surface area contributed by atoms with Crippen LogP contribution < -0.4 is 5.32 Å². The summed E-state index contributed by atoms with van der Waals surface area (Å²) in [4.78, 5) is 0. The Balaban J connectivity index is 3.27. The predicted molar refractivity (Wildman–Crippen MR) is 51.8 cm³/mol. The molecule has 2 atom stereocenters. The molecule has 0 saturated heterocycles. The maximum Gasteiger partial charge on any atom is -0.00494 e. The fourth-order valence-corrected chi connectivity index (χ4v) is 1.36.